The minimum atomic E-state index is -0.856. The van der Waals surface area contributed by atoms with Crippen LogP contribution in [0.3, 0.4) is 0 Å². The van der Waals surface area contributed by atoms with Gasteiger partial charge < -0.3 is 20.7 Å². The molecule has 0 aromatic carbocycles. The number of aromatic nitrogens is 2. The molecule has 7 nitrogen and oxygen atoms in total. The van der Waals surface area contributed by atoms with Gasteiger partial charge in [-0.15, -0.1) is 24.8 Å². The molecule has 1 saturated heterocycles. The number of hydrogen-bond donors (Lipinski definition) is 2. The number of carbonyl (C=O) groups is 1. The van der Waals surface area contributed by atoms with Crippen LogP contribution in [-0.2, 0) is 9.53 Å². The molecule has 1 aliphatic carbocycles. The van der Waals surface area contributed by atoms with Gasteiger partial charge in [-0.3, -0.25) is 4.79 Å². The highest BCUT2D eigenvalue weighted by atomic mass is 35.5. The van der Waals surface area contributed by atoms with Crippen LogP contribution in [-0.4, -0.2) is 53.3 Å². The molecule has 1 aromatic rings. The molecule has 0 radical (unpaired) electrons. The highest BCUT2D eigenvalue weighted by Crippen LogP contribution is 2.49. The zero-order chi connectivity index (χ0) is 19.8. The highest BCUT2D eigenvalue weighted by molar-refractivity contribution is 5.89. The van der Waals surface area contributed by atoms with Gasteiger partial charge in [0, 0.05) is 49.3 Å². The summed E-state index contributed by atoms with van der Waals surface area (Å²) in [5.41, 5.74) is 6.26. The van der Waals surface area contributed by atoms with E-state index >= 15 is 0 Å². The summed E-state index contributed by atoms with van der Waals surface area (Å²) in [6, 6.07) is 2.17. The smallest absolute Gasteiger partial charge is 0.241 e. The van der Waals surface area contributed by atoms with E-state index in [1.807, 2.05) is 40.7 Å². The van der Waals surface area contributed by atoms with Gasteiger partial charge in [0.2, 0.25) is 5.91 Å². The Morgan fingerprint density at radius 1 is 1.28 bits per heavy atom. The Bertz CT molecular complexity index is 690. The van der Waals surface area contributed by atoms with Gasteiger partial charge >= 0.3 is 0 Å². The first-order valence-corrected chi connectivity index (χ1v) is 9.96. The number of halogens is 2. The van der Waals surface area contributed by atoms with Crippen molar-refractivity contribution in [3.05, 3.63) is 17.6 Å². The average Bonchev–Trinajstić information content (AvgIpc) is 2.61. The van der Waals surface area contributed by atoms with E-state index in [2.05, 4.69) is 20.2 Å². The van der Waals surface area contributed by atoms with E-state index in [1.165, 1.54) is 0 Å². The monoisotopic (exact) mass is 447 g/mol. The van der Waals surface area contributed by atoms with Crippen LogP contribution in [0.25, 0.3) is 0 Å². The summed E-state index contributed by atoms with van der Waals surface area (Å²) < 4.78 is 5.73. The van der Waals surface area contributed by atoms with E-state index in [9.17, 15) is 4.79 Å². The Hall–Kier alpha value is -1.15. The number of anilines is 1. The molecule has 29 heavy (non-hydrogen) atoms. The fourth-order valence-corrected chi connectivity index (χ4v) is 4.25. The topological polar surface area (TPSA) is 93.4 Å². The molecule has 3 rings (SSSR count). The van der Waals surface area contributed by atoms with Gasteiger partial charge in [0.05, 0.1) is 6.10 Å². The van der Waals surface area contributed by atoms with Crippen molar-refractivity contribution >= 4 is 36.5 Å². The van der Waals surface area contributed by atoms with Gasteiger partial charge in [-0.05, 0) is 33.6 Å². The molecule has 2 heterocycles. The zero-order valence-electron chi connectivity index (χ0n) is 18.0. The molecule has 0 bridgehead atoms. The lowest BCUT2D eigenvalue weighted by Crippen LogP contribution is -2.76. The minimum absolute atomic E-state index is 0. The van der Waals surface area contributed by atoms with Crippen LogP contribution in [0.1, 0.15) is 51.6 Å². The van der Waals surface area contributed by atoms with Gasteiger partial charge in [-0.2, -0.15) is 0 Å². The average molecular weight is 448 g/mol. The SMILES string of the molecule is CCOC1CC(N)(C(=O)NC2CCN(c3cc(C)nc(C)n3)CC2)C1(C)C.Cl.Cl. The van der Waals surface area contributed by atoms with Crippen molar-refractivity contribution in [1.29, 1.82) is 0 Å². The summed E-state index contributed by atoms with van der Waals surface area (Å²) in [6.45, 7) is 12.3. The number of carbonyl (C=O) groups excluding carboxylic acids is 1. The summed E-state index contributed by atoms with van der Waals surface area (Å²) in [5, 5.41) is 3.20. The van der Waals surface area contributed by atoms with Gasteiger partial charge in [-0.25, -0.2) is 9.97 Å². The first-order valence-electron chi connectivity index (χ1n) is 9.96. The number of aryl methyl sites for hydroxylation is 2. The largest absolute Gasteiger partial charge is 0.378 e. The molecule has 1 saturated carbocycles. The Balaban J connectivity index is 0.00000210. The maximum atomic E-state index is 12.9. The standard InChI is InChI=1S/C20H33N5O2.2ClH/c1-6-27-16-12-20(21,19(16,4)5)18(26)24-15-7-9-25(10-8-15)17-11-13(2)22-14(3)23-17;;/h11,15-16H,6-10,12,21H2,1-5H3,(H,24,26);2*1H. The van der Waals surface area contributed by atoms with E-state index in [0.29, 0.717) is 13.0 Å². The zero-order valence-corrected chi connectivity index (χ0v) is 19.7. The number of piperidine rings is 1. The summed E-state index contributed by atoms with van der Waals surface area (Å²) in [7, 11) is 0. The lowest BCUT2D eigenvalue weighted by Gasteiger charge is -2.57. The van der Waals surface area contributed by atoms with Crippen molar-refractivity contribution in [2.45, 2.75) is 71.6 Å². The van der Waals surface area contributed by atoms with Crippen LogP contribution in [0.15, 0.2) is 6.07 Å². The molecular formula is C20H35Cl2N5O2. The van der Waals surface area contributed by atoms with E-state index in [0.717, 1.165) is 43.3 Å². The highest BCUT2D eigenvalue weighted by Gasteiger charge is 2.63. The Morgan fingerprint density at radius 3 is 2.41 bits per heavy atom. The molecule has 3 N–H and O–H groups in total. The quantitative estimate of drug-likeness (QED) is 0.719. The summed E-state index contributed by atoms with van der Waals surface area (Å²) in [5.74, 6) is 1.72. The van der Waals surface area contributed by atoms with Crippen LogP contribution in [0.2, 0.25) is 0 Å². The van der Waals surface area contributed by atoms with Gasteiger partial charge in [0.15, 0.2) is 0 Å². The number of rotatable bonds is 5. The molecule has 2 aliphatic rings. The molecule has 1 amide bonds. The number of amides is 1. The van der Waals surface area contributed by atoms with Crippen LogP contribution in [0, 0.1) is 19.3 Å². The molecule has 9 heteroatoms. The molecule has 2 atom stereocenters. The van der Waals surface area contributed by atoms with Crippen molar-refractivity contribution in [2.75, 3.05) is 24.6 Å². The third kappa shape index (κ3) is 4.95. The van der Waals surface area contributed by atoms with E-state index < -0.39 is 5.54 Å². The van der Waals surface area contributed by atoms with Crippen LogP contribution < -0.4 is 16.0 Å². The molecule has 2 unspecified atom stereocenters. The maximum Gasteiger partial charge on any atom is 0.241 e. The summed E-state index contributed by atoms with van der Waals surface area (Å²) >= 11 is 0. The third-order valence-electron chi connectivity index (χ3n) is 6.34. The number of nitrogens with two attached hydrogens (primary N) is 1. The number of nitrogens with one attached hydrogen (secondary N) is 1. The Morgan fingerprint density at radius 2 is 1.90 bits per heavy atom. The second kappa shape index (κ2) is 9.77. The van der Waals surface area contributed by atoms with Crippen molar-refractivity contribution in [3.8, 4) is 0 Å². The second-order valence-corrected chi connectivity index (χ2v) is 8.49. The van der Waals surface area contributed by atoms with Crippen molar-refractivity contribution in [3.63, 3.8) is 0 Å². The van der Waals surface area contributed by atoms with E-state index in [4.69, 9.17) is 10.5 Å². The van der Waals surface area contributed by atoms with E-state index in [1.54, 1.807) is 0 Å². The van der Waals surface area contributed by atoms with Crippen LogP contribution in [0.5, 0.6) is 0 Å². The normalized spacial score (nSPS) is 26.0. The van der Waals surface area contributed by atoms with Gasteiger partial charge in [0.1, 0.15) is 17.2 Å². The molecule has 1 aromatic heterocycles. The molecule has 166 valence electrons. The fourth-order valence-electron chi connectivity index (χ4n) is 4.25. The molecular weight excluding hydrogens is 413 g/mol. The second-order valence-electron chi connectivity index (χ2n) is 8.49. The minimum Gasteiger partial charge on any atom is -0.378 e. The Labute approximate surface area is 186 Å². The molecule has 2 fully saturated rings. The summed E-state index contributed by atoms with van der Waals surface area (Å²) in [4.78, 5) is 24.0. The first-order chi connectivity index (χ1) is 12.7. The number of ether oxygens (including phenoxy) is 1. The van der Waals surface area contributed by atoms with E-state index in [-0.39, 0.29) is 48.3 Å². The van der Waals surface area contributed by atoms with Crippen molar-refractivity contribution in [1.82, 2.24) is 15.3 Å². The lowest BCUT2D eigenvalue weighted by molar-refractivity contribution is -0.171. The molecule has 1 aliphatic heterocycles. The fraction of sp³-hybridized carbons (Fsp3) is 0.750. The van der Waals surface area contributed by atoms with Crippen molar-refractivity contribution in [2.24, 2.45) is 11.1 Å². The summed E-state index contributed by atoms with van der Waals surface area (Å²) in [6.07, 6.45) is 2.40. The van der Waals surface area contributed by atoms with Crippen molar-refractivity contribution < 1.29 is 9.53 Å². The lowest BCUT2D eigenvalue weighted by atomic mass is 9.54. The van der Waals surface area contributed by atoms with Crippen LogP contribution in [0.4, 0.5) is 5.82 Å². The third-order valence-corrected chi connectivity index (χ3v) is 6.34. The first kappa shape index (κ1) is 25.9. The molecule has 0 spiro atoms. The predicted molar refractivity (Wildman–Crippen MR) is 120 cm³/mol. The Kier molecular flexibility index (Phi) is 8.72. The van der Waals surface area contributed by atoms with Gasteiger partial charge in [0.25, 0.3) is 0 Å². The number of nitrogens with zero attached hydrogens (tertiary/aromatic N) is 3. The predicted octanol–water partition coefficient (Wildman–Crippen LogP) is 2.55. The van der Waals surface area contributed by atoms with Gasteiger partial charge in [-0.1, -0.05) is 13.8 Å². The number of hydrogen-bond acceptors (Lipinski definition) is 6. The maximum absolute atomic E-state index is 12.9. The van der Waals surface area contributed by atoms with Crippen LogP contribution >= 0.6 is 24.8 Å².